The van der Waals surface area contributed by atoms with Gasteiger partial charge in [-0.05, 0) is 56.9 Å². The summed E-state index contributed by atoms with van der Waals surface area (Å²) in [6.45, 7) is 4.38. The van der Waals surface area contributed by atoms with Crippen molar-refractivity contribution in [3.05, 3.63) is 0 Å². The Morgan fingerprint density at radius 3 is 2.45 bits per heavy atom. The summed E-state index contributed by atoms with van der Waals surface area (Å²) in [6, 6.07) is 1.07. The van der Waals surface area contributed by atoms with Gasteiger partial charge in [0, 0.05) is 26.6 Å². The van der Waals surface area contributed by atoms with Crippen molar-refractivity contribution in [2.24, 2.45) is 11.8 Å². The van der Waals surface area contributed by atoms with E-state index in [9.17, 15) is 4.79 Å². The minimum absolute atomic E-state index is 0.0270. The van der Waals surface area contributed by atoms with Crippen molar-refractivity contribution < 1.29 is 19.6 Å². The van der Waals surface area contributed by atoms with Crippen molar-refractivity contribution in [2.75, 3.05) is 40.5 Å². The fourth-order valence-corrected chi connectivity index (χ4v) is 6.89. The Bertz CT molecular complexity index is 560. The molecule has 0 aromatic carbocycles. The molecule has 2 aliphatic carbocycles. The van der Waals surface area contributed by atoms with Crippen LogP contribution in [0.15, 0.2) is 0 Å². The van der Waals surface area contributed by atoms with Gasteiger partial charge < -0.3 is 14.8 Å². The number of carbonyl (C=O) groups excluding carboxylic acids is 1. The first-order valence-electron chi connectivity index (χ1n) is 13.1. The predicted molar refractivity (Wildman–Crippen MR) is 122 cm³/mol. The van der Waals surface area contributed by atoms with Crippen LogP contribution in [0.3, 0.4) is 0 Å². The van der Waals surface area contributed by atoms with E-state index in [1.807, 2.05) is 7.11 Å². The fourth-order valence-electron chi connectivity index (χ4n) is 6.89. The molecular formula is C25H46N3O3+. The van der Waals surface area contributed by atoms with Crippen molar-refractivity contribution in [3.63, 3.8) is 0 Å². The third kappa shape index (κ3) is 6.01. The molecular weight excluding hydrogens is 390 g/mol. The van der Waals surface area contributed by atoms with E-state index in [1.165, 1.54) is 77.2 Å². The molecule has 31 heavy (non-hydrogen) atoms. The molecule has 2 heterocycles. The lowest BCUT2D eigenvalue weighted by molar-refractivity contribution is -0.678. The quantitative estimate of drug-likeness (QED) is 0.592. The van der Waals surface area contributed by atoms with Gasteiger partial charge in [-0.15, -0.1) is 0 Å². The molecule has 0 spiro atoms. The summed E-state index contributed by atoms with van der Waals surface area (Å²) in [5.41, 5.74) is 0. The largest absolute Gasteiger partial charge is 0.468 e. The summed E-state index contributed by atoms with van der Waals surface area (Å²) >= 11 is 0. The Morgan fingerprint density at radius 2 is 1.74 bits per heavy atom. The minimum Gasteiger partial charge on any atom is -0.468 e. The van der Waals surface area contributed by atoms with Gasteiger partial charge in [0.05, 0.1) is 19.3 Å². The molecule has 4 aliphatic rings. The lowest BCUT2D eigenvalue weighted by atomic mass is 9.85. The first kappa shape index (κ1) is 23.5. The third-order valence-electron chi connectivity index (χ3n) is 8.84. The second kappa shape index (κ2) is 11.4. The highest BCUT2D eigenvalue weighted by molar-refractivity contribution is 5.75. The molecule has 3 atom stereocenters. The van der Waals surface area contributed by atoms with Gasteiger partial charge in [-0.1, -0.05) is 32.1 Å². The van der Waals surface area contributed by atoms with Crippen molar-refractivity contribution in [1.82, 2.24) is 9.80 Å². The summed E-state index contributed by atoms with van der Waals surface area (Å²) < 4.78 is 10.8. The van der Waals surface area contributed by atoms with E-state index in [4.69, 9.17) is 9.47 Å². The van der Waals surface area contributed by atoms with Gasteiger partial charge in [-0.2, -0.15) is 0 Å². The van der Waals surface area contributed by atoms with Crippen molar-refractivity contribution in [1.29, 1.82) is 0 Å². The number of nitrogens with two attached hydrogens (primary N) is 1. The standard InChI is InChI=1S/C25H45N3O3/c1-30-21-12-10-20(11-13-21)16-28-18-26-22-15-23(25(29)31-2)27(17-24(22)28)14-6-9-19-7-4-3-5-8-19/h19-24,26H,3-18H2,1-2H3/p+1/t20?,21?,22?,23-,24?/m0/s1. The molecule has 0 aromatic rings. The number of piperidine rings is 1. The highest BCUT2D eigenvalue weighted by Gasteiger charge is 2.47. The van der Waals surface area contributed by atoms with E-state index in [-0.39, 0.29) is 12.0 Å². The Kier molecular flexibility index (Phi) is 8.66. The highest BCUT2D eigenvalue weighted by atomic mass is 16.5. The molecule has 0 bridgehead atoms. The number of likely N-dealkylation sites (tertiary alicyclic amines) is 1. The second-order valence-electron chi connectivity index (χ2n) is 10.7. The van der Waals surface area contributed by atoms with E-state index >= 15 is 0 Å². The van der Waals surface area contributed by atoms with Crippen LogP contribution >= 0.6 is 0 Å². The van der Waals surface area contributed by atoms with E-state index in [2.05, 4.69) is 15.1 Å². The van der Waals surface area contributed by atoms with Crippen molar-refractivity contribution in [3.8, 4) is 0 Å². The number of hydrogen-bond acceptors (Lipinski definition) is 5. The topological polar surface area (TPSA) is 58.6 Å². The lowest BCUT2D eigenvalue weighted by Crippen LogP contribution is -2.89. The first-order valence-corrected chi connectivity index (χ1v) is 13.1. The second-order valence-corrected chi connectivity index (χ2v) is 10.7. The molecule has 4 rings (SSSR count). The first-order chi connectivity index (χ1) is 15.2. The Morgan fingerprint density at radius 1 is 0.968 bits per heavy atom. The number of nitrogens with zero attached hydrogens (tertiary/aromatic N) is 2. The normalized spacial score (nSPS) is 35.7. The molecule has 4 fully saturated rings. The van der Waals surface area contributed by atoms with Crippen molar-refractivity contribution >= 4 is 5.97 Å². The zero-order valence-corrected chi connectivity index (χ0v) is 20.0. The predicted octanol–water partition coefficient (Wildman–Crippen LogP) is 2.37. The van der Waals surface area contributed by atoms with Gasteiger partial charge in [0.1, 0.15) is 18.8 Å². The molecule has 2 aliphatic heterocycles. The Balaban J connectivity index is 1.31. The summed E-state index contributed by atoms with van der Waals surface area (Å²) in [7, 11) is 3.41. The minimum atomic E-state index is -0.0500. The van der Waals surface area contributed by atoms with Crippen LogP contribution in [0, 0.1) is 11.8 Å². The van der Waals surface area contributed by atoms with Gasteiger partial charge in [-0.25, -0.2) is 4.90 Å². The number of carbonyl (C=O) groups is 1. The zero-order chi connectivity index (χ0) is 21.6. The Labute approximate surface area is 189 Å². The molecule has 6 nitrogen and oxygen atoms in total. The van der Waals surface area contributed by atoms with E-state index in [0.29, 0.717) is 18.2 Å². The smallest absolute Gasteiger partial charge is 0.323 e. The van der Waals surface area contributed by atoms with Crippen LogP contribution in [0.4, 0.5) is 0 Å². The summed E-state index contributed by atoms with van der Waals surface area (Å²) in [6.07, 6.45) is 16.1. The summed E-state index contributed by atoms with van der Waals surface area (Å²) in [4.78, 5) is 17.8. The van der Waals surface area contributed by atoms with E-state index < -0.39 is 0 Å². The maximum atomic E-state index is 12.6. The van der Waals surface area contributed by atoms with Gasteiger partial charge in [0.2, 0.25) is 0 Å². The maximum absolute atomic E-state index is 12.6. The van der Waals surface area contributed by atoms with Crippen LogP contribution in [0.25, 0.3) is 0 Å². The zero-order valence-electron chi connectivity index (χ0n) is 20.0. The average molecular weight is 437 g/mol. The number of methoxy groups -OCH3 is 2. The monoisotopic (exact) mass is 436 g/mol. The number of rotatable bonds is 8. The van der Waals surface area contributed by atoms with Crippen LogP contribution in [0.2, 0.25) is 0 Å². The van der Waals surface area contributed by atoms with Crippen molar-refractivity contribution in [2.45, 2.75) is 101 Å². The molecule has 2 unspecified atom stereocenters. The van der Waals surface area contributed by atoms with Gasteiger partial charge in [0.15, 0.2) is 0 Å². The molecule has 0 aromatic heterocycles. The number of hydrogen-bond donors (Lipinski definition) is 1. The van der Waals surface area contributed by atoms with Gasteiger partial charge >= 0.3 is 5.97 Å². The molecule has 6 heteroatoms. The fraction of sp³-hybridized carbons (Fsp3) is 0.960. The lowest BCUT2D eigenvalue weighted by Gasteiger charge is -2.41. The average Bonchev–Trinajstić information content (AvgIpc) is 3.20. The number of ether oxygens (including phenoxy) is 2. The van der Waals surface area contributed by atoms with Gasteiger partial charge in [-0.3, -0.25) is 9.69 Å². The molecule has 0 amide bonds. The highest BCUT2D eigenvalue weighted by Crippen LogP contribution is 2.31. The van der Waals surface area contributed by atoms with Crippen LogP contribution < -0.4 is 5.32 Å². The van der Waals surface area contributed by atoms with Crippen LogP contribution in [-0.4, -0.2) is 80.5 Å². The van der Waals surface area contributed by atoms with E-state index in [1.54, 1.807) is 7.11 Å². The number of fused-ring (bicyclic) bond motifs is 1. The molecule has 0 radical (unpaired) electrons. The van der Waals surface area contributed by atoms with E-state index in [0.717, 1.165) is 38.0 Å². The molecule has 2 saturated heterocycles. The van der Waals surface area contributed by atoms with Crippen LogP contribution in [-0.2, 0) is 14.3 Å². The molecule has 2 N–H and O–H groups in total. The maximum Gasteiger partial charge on any atom is 0.323 e. The van der Waals surface area contributed by atoms with Crippen LogP contribution in [0.1, 0.15) is 77.0 Å². The third-order valence-corrected chi connectivity index (χ3v) is 8.84. The SMILES string of the molecule is COC(=O)[C@@H]1CC2[NH2+]CN(CC3CCC(OC)CC3)C2CN1CCCC1CCCCC1. The molecule has 178 valence electrons. The van der Waals surface area contributed by atoms with Crippen LogP contribution in [0.5, 0.6) is 0 Å². The van der Waals surface area contributed by atoms with Gasteiger partial charge in [0.25, 0.3) is 0 Å². The Hall–Kier alpha value is -0.690. The number of esters is 1. The molecule has 2 saturated carbocycles. The number of quaternary nitrogens is 1. The summed E-state index contributed by atoms with van der Waals surface area (Å²) in [5, 5.41) is 2.49. The summed E-state index contributed by atoms with van der Waals surface area (Å²) in [5.74, 6) is 1.69.